The number of rotatable bonds is 2. The van der Waals surface area contributed by atoms with E-state index in [1.807, 2.05) is 23.1 Å². The van der Waals surface area contributed by atoms with Gasteiger partial charge >= 0.3 is 0 Å². The van der Waals surface area contributed by atoms with Crippen molar-refractivity contribution in [2.75, 3.05) is 6.54 Å². The lowest BCUT2D eigenvalue weighted by molar-refractivity contribution is -0.129. The number of amides is 1. The minimum Gasteiger partial charge on any atom is -0.338 e. The topological polar surface area (TPSA) is 20.3 Å². The number of carbonyl (C=O) groups excluding carboxylic acids is 1. The van der Waals surface area contributed by atoms with E-state index < -0.39 is 0 Å². The van der Waals surface area contributed by atoms with Crippen LogP contribution in [0.2, 0.25) is 0 Å². The number of nitrogens with zero attached hydrogens (tertiary/aromatic N) is 1. The van der Waals surface area contributed by atoms with Crippen LogP contribution in [0, 0.1) is 5.92 Å². The lowest BCUT2D eigenvalue weighted by Gasteiger charge is -2.25. The van der Waals surface area contributed by atoms with Gasteiger partial charge in [0.05, 0.1) is 5.92 Å². The summed E-state index contributed by atoms with van der Waals surface area (Å²) < 4.78 is 0. The molecular formula is C19H19NO. The predicted octanol–water partition coefficient (Wildman–Crippen LogP) is 3.38. The summed E-state index contributed by atoms with van der Waals surface area (Å²) in [6, 6.07) is 18.8. The summed E-state index contributed by atoms with van der Waals surface area (Å²) in [6.45, 7) is 1.65. The van der Waals surface area contributed by atoms with Crippen LogP contribution in [0.15, 0.2) is 54.6 Å². The molecule has 1 fully saturated rings. The third kappa shape index (κ3) is 2.15. The first-order valence-corrected chi connectivity index (χ1v) is 7.73. The Hall–Kier alpha value is -2.09. The molecule has 0 spiro atoms. The fourth-order valence-electron chi connectivity index (χ4n) is 3.87. The Balaban J connectivity index is 1.61. The monoisotopic (exact) mass is 277 g/mol. The zero-order valence-electron chi connectivity index (χ0n) is 12.0. The van der Waals surface area contributed by atoms with Gasteiger partial charge < -0.3 is 4.90 Å². The molecule has 2 aromatic rings. The van der Waals surface area contributed by atoms with Gasteiger partial charge in [-0.15, -0.1) is 0 Å². The van der Waals surface area contributed by atoms with Gasteiger partial charge in [-0.05, 0) is 35.4 Å². The Morgan fingerprint density at radius 1 is 1.00 bits per heavy atom. The number of benzene rings is 2. The van der Waals surface area contributed by atoms with Crippen LogP contribution in [0.1, 0.15) is 29.0 Å². The molecule has 2 nitrogen and oxygen atoms in total. The summed E-state index contributed by atoms with van der Waals surface area (Å²) in [4.78, 5) is 14.9. The van der Waals surface area contributed by atoms with Crippen LogP contribution >= 0.6 is 0 Å². The average Bonchev–Trinajstić information content (AvgIpc) is 2.85. The quantitative estimate of drug-likeness (QED) is 0.824. The van der Waals surface area contributed by atoms with Gasteiger partial charge in [-0.3, -0.25) is 4.79 Å². The van der Waals surface area contributed by atoms with E-state index in [1.165, 1.54) is 16.7 Å². The minimum atomic E-state index is 0.0960. The van der Waals surface area contributed by atoms with Crippen molar-refractivity contribution in [3.63, 3.8) is 0 Å². The summed E-state index contributed by atoms with van der Waals surface area (Å²) in [5, 5.41) is 0. The highest BCUT2D eigenvalue weighted by molar-refractivity contribution is 5.87. The van der Waals surface area contributed by atoms with E-state index in [-0.39, 0.29) is 5.92 Å². The molecule has 1 aliphatic carbocycles. The molecule has 1 saturated heterocycles. The molecule has 2 atom stereocenters. The van der Waals surface area contributed by atoms with Gasteiger partial charge in [-0.2, -0.15) is 0 Å². The van der Waals surface area contributed by atoms with Crippen molar-refractivity contribution < 1.29 is 4.79 Å². The second-order valence-electron chi connectivity index (χ2n) is 6.18. The Morgan fingerprint density at radius 3 is 2.62 bits per heavy atom. The molecular weight excluding hydrogens is 258 g/mol. The van der Waals surface area contributed by atoms with Gasteiger partial charge in [0.1, 0.15) is 0 Å². The van der Waals surface area contributed by atoms with Gasteiger partial charge in [0.2, 0.25) is 5.91 Å². The Morgan fingerprint density at radius 2 is 1.76 bits per heavy atom. The van der Waals surface area contributed by atoms with E-state index in [4.69, 9.17) is 0 Å². The van der Waals surface area contributed by atoms with Crippen LogP contribution in [0.4, 0.5) is 0 Å². The molecule has 1 amide bonds. The molecule has 2 aliphatic rings. The maximum Gasteiger partial charge on any atom is 0.230 e. The van der Waals surface area contributed by atoms with Crippen molar-refractivity contribution >= 4 is 5.91 Å². The predicted molar refractivity (Wildman–Crippen MR) is 82.9 cm³/mol. The molecule has 0 N–H and O–H groups in total. The second kappa shape index (κ2) is 5.03. The number of hydrogen-bond donors (Lipinski definition) is 0. The highest BCUT2D eigenvalue weighted by Gasteiger charge is 2.43. The van der Waals surface area contributed by atoms with Crippen LogP contribution in [0.3, 0.4) is 0 Å². The van der Waals surface area contributed by atoms with Crippen LogP contribution in [-0.4, -0.2) is 17.4 Å². The number of hydrogen-bond acceptors (Lipinski definition) is 1. The fourth-order valence-corrected chi connectivity index (χ4v) is 3.87. The first-order valence-electron chi connectivity index (χ1n) is 7.73. The fraction of sp³-hybridized carbons (Fsp3) is 0.316. The van der Waals surface area contributed by atoms with E-state index in [9.17, 15) is 4.79 Å². The summed E-state index contributed by atoms with van der Waals surface area (Å²) in [6.07, 6.45) is 2.25. The molecule has 4 rings (SSSR count). The van der Waals surface area contributed by atoms with Crippen LogP contribution in [0.5, 0.6) is 0 Å². The third-order valence-electron chi connectivity index (χ3n) is 4.89. The van der Waals surface area contributed by atoms with E-state index in [0.717, 1.165) is 25.9 Å². The van der Waals surface area contributed by atoms with Gasteiger partial charge in [-0.25, -0.2) is 0 Å². The molecule has 2 heteroatoms. The number of carbonyl (C=O) groups is 1. The standard InChI is InChI=1S/C19H19NO/c21-19-18-16(11-10-15-8-4-5-9-17(15)18)13-20(19)12-14-6-2-1-3-7-14/h1-9,16,18H,10-13H2/t16-,18+/m0/s1. The molecule has 1 aliphatic heterocycles. The molecule has 0 saturated carbocycles. The van der Waals surface area contributed by atoms with Crippen molar-refractivity contribution in [3.05, 3.63) is 71.3 Å². The molecule has 106 valence electrons. The first-order chi connectivity index (χ1) is 10.3. The SMILES string of the molecule is O=C1[C@H]2c3ccccc3CC[C@H]2CN1Cc1ccccc1. The molecule has 1 heterocycles. The van der Waals surface area contributed by atoms with E-state index >= 15 is 0 Å². The second-order valence-corrected chi connectivity index (χ2v) is 6.18. The van der Waals surface area contributed by atoms with Gasteiger partial charge in [0.25, 0.3) is 0 Å². The smallest absolute Gasteiger partial charge is 0.230 e. The van der Waals surface area contributed by atoms with E-state index in [0.29, 0.717) is 11.8 Å². The number of fused-ring (bicyclic) bond motifs is 3. The lowest BCUT2D eigenvalue weighted by atomic mass is 9.77. The first kappa shape index (κ1) is 12.6. The summed E-state index contributed by atoms with van der Waals surface area (Å²) in [7, 11) is 0. The molecule has 0 radical (unpaired) electrons. The molecule has 0 unspecified atom stereocenters. The average molecular weight is 277 g/mol. The zero-order valence-corrected chi connectivity index (χ0v) is 12.0. The van der Waals surface area contributed by atoms with Crippen LogP contribution in [0.25, 0.3) is 0 Å². The van der Waals surface area contributed by atoms with Crippen molar-refractivity contribution in [1.82, 2.24) is 4.90 Å². The van der Waals surface area contributed by atoms with Gasteiger partial charge in [0.15, 0.2) is 0 Å². The van der Waals surface area contributed by atoms with Crippen molar-refractivity contribution in [1.29, 1.82) is 0 Å². The highest BCUT2D eigenvalue weighted by Crippen LogP contribution is 2.42. The largest absolute Gasteiger partial charge is 0.338 e. The third-order valence-corrected chi connectivity index (χ3v) is 4.89. The van der Waals surface area contributed by atoms with E-state index in [2.05, 4.69) is 36.4 Å². The summed E-state index contributed by atoms with van der Waals surface area (Å²) in [5.74, 6) is 0.908. The minimum absolute atomic E-state index is 0.0960. The normalized spacial score (nSPS) is 23.8. The van der Waals surface area contributed by atoms with Crippen molar-refractivity contribution in [2.24, 2.45) is 5.92 Å². The van der Waals surface area contributed by atoms with Crippen LogP contribution in [-0.2, 0) is 17.8 Å². The Labute approximate surface area is 125 Å². The van der Waals surface area contributed by atoms with E-state index in [1.54, 1.807) is 0 Å². The Kier molecular flexibility index (Phi) is 3.03. The Bertz CT molecular complexity index is 664. The lowest BCUT2D eigenvalue weighted by Crippen LogP contribution is -2.26. The van der Waals surface area contributed by atoms with Crippen molar-refractivity contribution in [2.45, 2.75) is 25.3 Å². The molecule has 0 aromatic heterocycles. The maximum absolute atomic E-state index is 12.8. The molecule has 0 bridgehead atoms. The maximum atomic E-state index is 12.8. The van der Waals surface area contributed by atoms with Crippen molar-refractivity contribution in [3.8, 4) is 0 Å². The van der Waals surface area contributed by atoms with Crippen LogP contribution < -0.4 is 0 Å². The number of aryl methyl sites for hydroxylation is 1. The zero-order chi connectivity index (χ0) is 14.2. The molecule has 2 aromatic carbocycles. The van der Waals surface area contributed by atoms with Gasteiger partial charge in [-0.1, -0.05) is 54.6 Å². The summed E-state index contributed by atoms with van der Waals surface area (Å²) >= 11 is 0. The highest BCUT2D eigenvalue weighted by atomic mass is 16.2. The summed E-state index contributed by atoms with van der Waals surface area (Å²) in [5.41, 5.74) is 3.86. The number of likely N-dealkylation sites (tertiary alicyclic amines) is 1. The van der Waals surface area contributed by atoms with Gasteiger partial charge in [0, 0.05) is 13.1 Å². The molecule has 21 heavy (non-hydrogen) atoms.